The second kappa shape index (κ2) is 13.2. The van der Waals surface area contributed by atoms with Crippen molar-refractivity contribution in [3.05, 3.63) is 59.8 Å². The Labute approximate surface area is 251 Å². The zero-order valence-corrected chi connectivity index (χ0v) is 23.7. The molecule has 240 valence electrons. The third-order valence-electron chi connectivity index (χ3n) is 6.56. The van der Waals surface area contributed by atoms with Gasteiger partial charge in [-0.05, 0) is 43.5 Å². The van der Waals surface area contributed by atoms with Crippen LogP contribution in [0.1, 0.15) is 41.9 Å². The first-order chi connectivity index (χ1) is 21.2. The van der Waals surface area contributed by atoms with E-state index in [1.54, 1.807) is 23.5 Å². The van der Waals surface area contributed by atoms with Crippen LogP contribution in [-0.4, -0.2) is 67.6 Å². The van der Waals surface area contributed by atoms with Gasteiger partial charge in [0.15, 0.2) is 11.5 Å². The van der Waals surface area contributed by atoms with Crippen LogP contribution in [0.25, 0.3) is 16.9 Å². The van der Waals surface area contributed by atoms with E-state index in [4.69, 9.17) is 0 Å². The fourth-order valence-corrected chi connectivity index (χ4v) is 4.32. The van der Waals surface area contributed by atoms with E-state index in [-0.39, 0.29) is 42.2 Å². The number of benzene rings is 1. The van der Waals surface area contributed by atoms with Gasteiger partial charge in [0.1, 0.15) is 11.7 Å². The third-order valence-corrected chi connectivity index (χ3v) is 6.56. The maximum absolute atomic E-state index is 13.4. The number of imidazole rings is 1. The average Bonchev–Trinajstić information content (AvgIpc) is 3.64. The molecule has 0 saturated carbocycles. The lowest BCUT2D eigenvalue weighted by Gasteiger charge is -2.15. The standard InChI is InChI=1S/C27H27F6N9O3/c1-3-15-11-16(5-6-17(15)24(44)36-8-4-7-35-23(43)14(2)39-25(45)27(31,32)33)40-21-22-37-13-19(42(22)10-9-34-21)18-12-38-41-20(18)26(28,29)30/h5-6,9-14H,3-4,7-8H2,1-2H3,(H,34,40)(H,35,43)(H,36,44)(H,38,41)(H,39,45)/t14-/m1/s1. The van der Waals surface area contributed by atoms with Crippen LogP contribution < -0.4 is 21.3 Å². The molecule has 45 heavy (non-hydrogen) atoms. The lowest BCUT2D eigenvalue weighted by molar-refractivity contribution is -0.174. The molecule has 5 N–H and O–H groups in total. The van der Waals surface area contributed by atoms with Crippen LogP contribution in [0.4, 0.5) is 37.8 Å². The van der Waals surface area contributed by atoms with Gasteiger partial charge in [-0.15, -0.1) is 0 Å². The van der Waals surface area contributed by atoms with E-state index < -0.39 is 41.8 Å². The molecule has 18 heteroatoms. The van der Waals surface area contributed by atoms with E-state index in [0.717, 1.165) is 13.1 Å². The summed E-state index contributed by atoms with van der Waals surface area (Å²) in [5, 5.41) is 15.3. The van der Waals surface area contributed by atoms with Crippen molar-refractivity contribution in [2.45, 2.75) is 45.1 Å². The topological polar surface area (TPSA) is 158 Å². The number of H-pyrrole nitrogens is 1. The lowest BCUT2D eigenvalue weighted by Crippen LogP contribution is -2.49. The normalized spacial score (nSPS) is 12.5. The number of carbonyl (C=O) groups excluding carboxylic acids is 3. The number of hydrogen-bond acceptors (Lipinski definition) is 7. The Kier molecular flexibility index (Phi) is 9.63. The number of aromatic nitrogens is 5. The number of anilines is 2. The van der Waals surface area contributed by atoms with E-state index in [0.29, 0.717) is 23.2 Å². The second-order valence-electron chi connectivity index (χ2n) is 9.71. The van der Waals surface area contributed by atoms with Crippen molar-refractivity contribution in [3.63, 3.8) is 0 Å². The summed E-state index contributed by atoms with van der Waals surface area (Å²) in [6.45, 7) is 3.14. The highest BCUT2D eigenvalue weighted by atomic mass is 19.4. The van der Waals surface area contributed by atoms with E-state index in [1.807, 2.05) is 12.0 Å². The Bertz CT molecular complexity index is 1700. The molecule has 0 aliphatic carbocycles. The van der Waals surface area contributed by atoms with E-state index in [9.17, 15) is 40.7 Å². The number of halogens is 6. The molecule has 4 aromatic rings. The highest BCUT2D eigenvalue weighted by Crippen LogP contribution is 2.36. The van der Waals surface area contributed by atoms with Crippen molar-refractivity contribution >= 4 is 34.9 Å². The van der Waals surface area contributed by atoms with E-state index in [1.165, 1.54) is 23.0 Å². The van der Waals surface area contributed by atoms with Gasteiger partial charge in [-0.25, -0.2) is 9.97 Å². The van der Waals surface area contributed by atoms with Crippen molar-refractivity contribution in [3.8, 4) is 11.3 Å². The number of alkyl halides is 6. The summed E-state index contributed by atoms with van der Waals surface area (Å²) in [7, 11) is 0. The summed E-state index contributed by atoms with van der Waals surface area (Å²) >= 11 is 0. The predicted octanol–water partition coefficient (Wildman–Crippen LogP) is 3.75. The maximum atomic E-state index is 13.4. The van der Waals surface area contributed by atoms with Gasteiger partial charge >= 0.3 is 18.3 Å². The first kappa shape index (κ1) is 32.7. The summed E-state index contributed by atoms with van der Waals surface area (Å²) in [5.41, 5.74) is 0.815. The quantitative estimate of drug-likeness (QED) is 0.124. The van der Waals surface area contributed by atoms with Gasteiger partial charge in [0, 0.05) is 36.7 Å². The molecule has 1 atom stereocenters. The Balaban J connectivity index is 1.36. The molecule has 0 unspecified atom stereocenters. The summed E-state index contributed by atoms with van der Waals surface area (Å²) in [6.07, 6.45) is -3.79. The molecular weight excluding hydrogens is 612 g/mol. The fourth-order valence-electron chi connectivity index (χ4n) is 4.32. The van der Waals surface area contributed by atoms with Gasteiger partial charge in [-0.2, -0.15) is 31.4 Å². The van der Waals surface area contributed by atoms with Crippen LogP contribution in [0.5, 0.6) is 0 Å². The summed E-state index contributed by atoms with van der Waals surface area (Å²) in [4.78, 5) is 44.2. The van der Waals surface area contributed by atoms with Crippen LogP contribution >= 0.6 is 0 Å². The van der Waals surface area contributed by atoms with E-state index in [2.05, 4.69) is 31.0 Å². The van der Waals surface area contributed by atoms with Crippen molar-refractivity contribution in [2.24, 2.45) is 0 Å². The lowest BCUT2D eigenvalue weighted by atomic mass is 10.0. The molecule has 0 saturated heterocycles. The fraction of sp³-hybridized carbons (Fsp3) is 0.333. The van der Waals surface area contributed by atoms with E-state index >= 15 is 0 Å². The van der Waals surface area contributed by atoms with Crippen LogP contribution in [0.15, 0.2) is 43.0 Å². The van der Waals surface area contributed by atoms with Gasteiger partial charge < -0.3 is 21.3 Å². The van der Waals surface area contributed by atoms with Gasteiger partial charge in [-0.3, -0.25) is 23.9 Å². The predicted molar refractivity (Wildman–Crippen MR) is 148 cm³/mol. The van der Waals surface area contributed by atoms with Crippen LogP contribution in [0, 0.1) is 0 Å². The minimum atomic E-state index is -5.10. The largest absolute Gasteiger partial charge is 0.471 e. The molecule has 4 rings (SSSR count). The van der Waals surface area contributed by atoms with Crippen molar-refractivity contribution in [1.82, 2.24) is 40.5 Å². The smallest absolute Gasteiger partial charge is 0.354 e. The van der Waals surface area contributed by atoms with Gasteiger partial charge in [0.05, 0.1) is 23.7 Å². The Hall–Kier alpha value is -5.16. The molecule has 0 fully saturated rings. The molecule has 1 aromatic carbocycles. The molecule has 0 spiro atoms. The Morgan fingerprint density at radius 1 is 1.02 bits per heavy atom. The monoisotopic (exact) mass is 639 g/mol. The van der Waals surface area contributed by atoms with Gasteiger partial charge in [0.2, 0.25) is 5.91 Å². The second-order valence-corrected chi connectivity index (χ2v) is 9.71. The maximum Gasteiger partial charge on any atom is 0.471 e. The van der Waals surface area contributed by atoms with Crippen molar-refractivity contribution in [1.29, 1.82) is 0 Å². The zero-order chi connectivity index (χ0) is 32.9. The van der Waals surface area contributed by atoms with Crippen molar-refractivity contribution in [2.75, 3.05) is 18.4 Å². The molecule has 0 aliphatic rings. The highest BCUT2D eigenvalue weighted by molar-refractivity contribution is 5.96. The Morgan fingerprint density at radius 2 is 1.76 bits per heavy atom. The molecule has 3 aromatic heterocycles. The SMILES string of the molecule is CCc1cc(Nc2nccn3c(-c4cn[nH]c4C(F)(F)F)cnc23)ccc1C(=O)NCCCNC(=O)[C@@H](C)NC(=O)C(F)(F)F. The minimum Gasteiger partial charge on any atom is -0.354 e. The average molecular weight is 640 g/mol. The number of fused-ring (bicyclic) bond motifs is 1. The highest BCUT2D eigenvalue weighted by Gasteiger charge is 2.40. The molecule has 12 nitrogen and oxygen atoms in total. The molecule has 3 heterocycles. The number of carbonyl (C=O) groups is 3. The summed E-state index contributed by atoms with van der Waals surface area (Å²) in [5.74, 6) is -3.16. The van der Waals surface area contributed by atoms with Crippen LogP contribution in [0.2, 0.25) is 0 Å². The molecule has 0 bridgehead atoms. The number of rotatable bonds is 11. The van der Waals surface area contributed by atoms with Crippen molar-refractivity contribution < 1.29 is 40.7 Å². The summed E-state index contributed by atoms with van der Waals surface area (Å²) in [6, 6.07) is 3.53. The molecule has 3 amide bonds. The molecule has 0 aliphatic heterocycles. The number of aromatic amines is 1. The van der Waals surface area contributed by atoms with Crippen LogP contribution in [0.3, 0.4) is 0 Å². The zero-order valence-electron chi connectivity index (χ0n) is 23.7. The molecule has 0 radical (unpaired) electrons. The number of hydrogen-bond donors (Lipinski definition) is 5. The van der Waals surface area contributed by atoms with Gasteiger partial charge in [0.25, 0.3) is 5.91 Å². The first-order valence-electron chi connectivity index (χ1n) is 13.5. The van der Waals surface area contributed by atoms with Gasteiger partial charge in [-0.1, -0.05) is 6.92 Å². The van der Waals surface area contributed by atoms with Crippen LogP contribution in [-0.2, 0) is 22.2 Å². The number of aryl methyl sites for hydroxylation is 1. The number of nitrogens with one attached hydrogen (secondary N) is 5. The first-order valence-corrected chi connectivity index (χ1v) is 13.5. The summed E-state index contributed by atoms with van der Waals surface area (Å²) < 4.78 is 78.7. The number of amides is 3. The minimum absolute atomic E-state index is 0.0426. The Morgan fingerprint density at radius 3 is 2.44 bits per heavy atom. The third kappa shape index (κ3) is 7.68. The number of nitrogens with zero attached hydrogens (tertiary/aromatic N) is 4. The molecular formula is C27H27F6N9O3.